The van der Waals surface area contributed by atoms with Gasteiger partial charge in [-0.05, 0) is 35.7 Å². The van der Waals surface area contributed by atoms with E-state index < -0.39 is 0 Å². The van der Waals surface area contributed by atoms with Crippen LogP contribution in [0.1, 0.15) is 29.8 Å². The maximum atomic E-state index is 6.24. The molecule has 1 atom stereocenters. The van der Waals surface area contributed by atoms with Gasteiger partial charge in [-0.25, -0.2) is 0 Å². The maximum absolute atomic E-state index is 6.24. The van der Waals surface area contributed by atoms with E-state index in [0.29, 0.717) is 0 Å². The second-order valence-electron chi connectivity index (χ2n) is 4.06. The number of nitrogens with zero attached hydrogens (tertiary/aromatic N) is 2. The molecule has 2 rings (SSSR count). The van der Waals surface area contributed by atoms with Gasteiger partial charge in [0.25, 0.3) is 0 Å². The highest BCUT2D eigenvalue weighted by atomic mass is 14.7. The topological polar surface area (TPSA) is 51.8 Å². The quantitative estimate of drug-likeness (QED) is 0.871. The van der Waals surface area contributed by atoms with Gasteiger partial charge in [-0.3, -0.25) is 9.97 Å². The number of rotatable bonds is 4. The molecule has 1 unspecified atom stereocenters. The maximum Gasteiger partial charge on any atom is 0.0422 e. The molecule has 0 amide bonds. The first kappa shape index (κ1) is 11.7. The van der Waals surface area contributed by atoms with Gasteiger partial charge < -0.3 is 5.73 Å². The van der Waals surface area contributed by atoms with E-state index in [1.807, 2.05) is 30.5 Å². The molecule has 3 heteroatoms. The zero-order valence-electron chi connectivity index (χ0n) is 10.0. The minimum absolute atomic E-state index is 0.0113. The number of aryl methyl sites for hydroxylation is 1. The van der Waals surface area contributed by atoms with Crippen molar-refractivity contribution in [3.8, 4) is 0 Å². The molecule has 2 aromatic rings. The molecule has 0 spiro atoms. The van der Waals surface area contributed by atoms with Crippen LogP contribution in [0.3, 0.4) is 0 Å². The third-order valence-electron chi connectivity index (χ3n) is 2.88. The zero-order valence-corrected chi connectivity index (χ0v) is 10.0. The van der Waals surface area contributed by atoms with Crippen LogP contribution in [0.25, 0.3) is 0 Å². The summed E-state index contributed by atoms with van der Waals surface area (Å²) in [4.78, 5) is 8.44. The van der Waals surface area contributed by atoms with Crippen molar-refractivity contribution in [3.63, 3.8) is 0 Å². The largest absolute Gasteiger partial charge is 0.324 e. The monoisotopic (exact) mass is 227 g/mol. The summed E-state index contributed by atoms with van der Waals surface area (Å²) in [6.45, 7) is 2.12. The molecule has 2 heterocycles. The van der Waals surface area contributed by atoms with Crippen LogP contribution in [-0.2, 0) is 12.8 Å². The van der Waals surface area contributed by atoms with Crippen molar-refractivity contribution in [1.82, 2.24) is 9.97 Å². The first-order valence-corrected chi connectivity index (χ1v) is 5.89. The average molecular weight is 227 g/mol. The molecule has 0 aliphatic carbocycles. The summed E-state index contributed by atoms with van der Waals surface area (Å²) in [7, 11) is 0. The van der Waals surface area contributed by atoms with Crippen LogP contribution in [0.2, 0.25) is 0 Å². The molecular weight excluding hydrogens is 210 g/mol. The Balaban J connectivity index is 2.17. The second-order valence-corrected chi connectivity index (χ2v) is 4.06. The lowest BCUT2D eigenvalue weighted by Crippen LogP contribution is -2.16. The van der Waals surface area contributed by atoms with E-state index in [9.17, 15) is 0 Å². The Labute approximate surface area is 102 Å². The van der Waals surface area contributed by atoms with Gasteiger partial charge >= 0.3 is 0 Å². The number of hydrogen-bond acceptors (Lipinski definition) is 3. The normalized spacial score (nSPS) is 12.4. The highest BCUT2D eigenvalue weighted by molar-refractivity contribution is 5.27. The molecule has 0 saturated heterocycles. The predicted molar refractivity (Wildman–Crippen MR) is 68.5 cm³/mol. The second kappa shape index (κ2) is 5.55. The SMILES string of the molecule is CCc1cnccc1C(N)Cc1ccccn1. The number of pyridine rings is 2. The minimum Gasteiger partial charge on any atom is -0.324 e. The van der Waals surface area contributed by atoms with E-state index >= 15 is 0 Å². The zero-order chi connectivity index (χ0) is 12.1. The highest BCUT2D eigenvalue weighted by Gasteiger charge is 2.11. The lowest BCUT2D eigenvalue weighted by Gasteiger charge is -2.14. The summed E-state index contributed by atoms with van der Waals surface area (Å²) >= 11 is 0. The molecule has 3 nitrogen and oxygen atoms in total. The Kier molecular flexibility index (Phi) is 3.83. The van der Waals surface area contributed by atoms with Crippen molar-refractivity contribution in [1.29, 1.82) is 0 Å². The van der Waals surface area contributed by atoms with Crippen molar-refractivity contribution >= 4 is 0 Å². The van der Waals surface area contributed by atoms with E-state index in [-0.39, 0.29) is 6.04 Å². The summed E-state index contributed by atoms with van der Waals surface area (Å²) in [5.41, 5.74) is 9.66. The summed E-state index contributed by atoms with van der Waals surface area (Å²) in [5, 5.41) is 0. The van der Waals surface area contributed by atoms with Gasteiger partial charge in [0, 0.05) is 36.7 Å². The van der Waals surface area contributed by atoms with E-state index in [4.69, 9.17) is 5.73 Å². The Morgan fingerprint density at radius 1 is 1.24 bits per heavy atom. The van der Waals surface area contributed by atoms with Crippen molar-refractivity contribution in [2.24, 2.45) is 5.73 Å². The summed E-state index contributed by atoms with van der Waals surface area (Å²) in [5.74, 6) is 0. The third-order valence-corrected chi connectivity index (χ3v) is 2.88. The molecule has 0 fully saturated rings. The number of aromatic nitrogens is 2. The summed E-state index contributed by atoms with van der Waals surface area (Å²) in [6.07, 6.45) is 7.21. The van der Waals surface area contributed by atoms with Crippen LogP contribution in [0, 0.1) is 0 Å². The Bertz CT molecular complexity index is 468. The number of nitrogens with two attached hydrogens (primary N) is 1. The van der Waals surface area contributed by atoms with Crippen LogP contribution in [0.15, 0.2) is 42.9 Å². The van der Waals surface area contributed by atoms with Crippen molar-refractivity contribution in [2.75, 3.05) is 0 Å². The van der Waals surface area contributed by atoms with Gasteiger partial charge in [-0.2, -0.15) is 0 Å². The van der Waals surface area contributed by atoms with Crippen LogP contribution in [0.4, 0.5) is 0 Å². The highest BCUT2D eigenvalue weighted by Crippen LogP contribution is 2.18. The Morgan fingerprint density at radius 3 is 2.82 bits per heavy atom. The fraction of sp³-hybridized carbons (Fsp3) is 0.286. The Hall–Kier alpha value is -1.74. The van der Waals surface area contributed by atoms with Crippen LogP contribution in [-0.4, -0.2) is 9.97 Å². The molecule has 0 aliphatic rings. The lowest BCUT2D eigenvalue weighted by atomic mass is 9.98. The van der Waals surface area contributed by atoms with Crippen molar-refractivity contribution in [2.45, 2.75) is 25.8 Å². The molecule has 0 saturated carbocycles. The van der Waals surface area contributed by atoms with E-state index in [1.165, 1.54) is 11.1 Å². The molecule has 2 aromatic heterocycles. The van der Waals surface area contributed by atoms with Gasteiger partial charge in [-0.1, -0.05) is 13.0 Å². The Morgan fingerprint density at radius 2 is 2.12 bits per heavy atom. The first-order chi connectivity index (χ1) is 8.31. The standard InChI is InChI=1S/C14H17N3/c1-2-11-10-16-8-6-13(11)14(15)9-12-5-3-4-7-17-12/h3-8,10,14H,2,9,15H2,1H3. The van der Waals surface area contributed by atoms with Crippen LogP contribution >= 0.6 is 0 Å². The van der Waals surface area contributed by atoms with Crippen LogP contribution < -0.4 is 5.73 Å². The van der Waals surface area contributed by atoms with Gasteiger partial charge in [0.05, 0.1) is 0 Å². The molecular formula is C14H17N3. The molecule has 0 bridgehead atoms. The molecule has 2 N–H and O–H groups in total. The first-order valence-electron chi connectivity index (χ1n) is 5.89. The van der Waals surface area contributed by atoms with Gasteiger partial charge in [0.15, 0.2) is 0 Å². The van der Waals surface area contributed by atoms with Gasteiger partial charge in [-0.15, -0.1) is 0 Å². The molecule has 0 aromatic carbocycles. The molecule has 0 aliphatic heterocycles. The summed E-state index contributed by atoms with van der Waals surface area (Å²) < 4.78 is 0. The smallest absolute Gasteiger partial charge is 0.0422 e. The molecule has 88 valence electrons. The fourth-order valence-electron chi connectivity index (χ4n) is 1.95. The summed E-state index contributed by atoms with van der Waals surface area (Å²) in [6, 6.07) is 7.91. The van der Waals surface area contributed by atoms with E-state index in [1.54, 1.807) is 12.4 Å². The minimum atomic E-state index is -0.0113. The lowest BCUT2D eigenvalue weighted by molar-refractivity contribution is 0.696. The van der Waals surface area contributed by atoms with Gasteiger partial charge in [0.1, 0.15) is 0 Å². The van der Waals surface area contributed by atoms with E-state index in [0.717, 1.165) is 18.5 Å². The third kappa shape index (κ3) is 2.88. The molecule has 0 radical (unpaired) electrons. The predicted octanol–water partition coefficient (Wildman–Crippen LogP) is 2.28. The average Bonchev–Trinajstić information content (AvgIpc) is 2.40. The van der Waals surface area contributed by atoms with Gasteiger partial charge in [0.2, 0.25) is 0 Å². The van der Waals surface area contributed by atoms with Crippen LogP contribution in [0.5, 0.6) is 0 Å². The number of hydrogen-bond donors (Lipinski definition) is 1. The van der Waals surface area contributed by atoms with Crippen molar-refractivity contribution < 1.29 is 0 Å². The fourth-order valence-corrected chi connectivity index (χ4v) is 1.95. The van der Waals surface area contributed by atoms with Crippen molar-refractivity contribution in [3.05, 3.63) is 59.7 Å². The van der Waals surface area contributed by atoms with E-state index in [2.05, 4.69) is 16.9 Å². The molecule has 17 heavy (non-hydrogen) atoms.